The Kier molecular flexibility index (Phi) is 4.05. The number of hydrogen-bond donors (Lipinski definition) is 2. The second-order valence-corrected chi connectivity index (χ2v) is 5.73. The SMILES string of the molecule is Cc1nc(CNC(=O)Nc2cnns2)nc2c1CCCC2. The number of nitrogens with one attached hydrogen (secondary N) is 2. The molecule has 1 aliphatic carbocycles. The van der Waals surface area contributed by atoms with Gasteiger partial charge in [0.2, 0.25) is 0 Å². The van der Waals surface area contributed by atoms with Gasteiger partial charge in [-0.2, -0.15) is 0 Å². The first-order valence-corrected chi connectivity index (χ1v) is 7.67. The molecule has 110 valence electrons. The van der Waals surface area contributed by atoms with Crippen LogP contribution in [0, 0.1) is 6.92 Å². The molecule has 2 N–H and O–H groups in total. The van der Waals surface area contributed by atoms with Gasteiger partial charge in [-0.1, -0.05) is 4.49 Å². The van der Waals surface area contributed by atoms with Crippen molar-refractivity contribution in [3.8, 4) is 0 Å². The van der Waals surface area contributed by atoms with Crippen LogP contribution in [0.3, 0.4) is 0 Å². The molecular formula is C13H16N6OS. The minimum Gasteiger partial charge on any atom is -0.331 e. The quantitative estimate of drug-likeness (QED) is 0.902. The number of hydrogen-bond acceptors (Lipinski definition) is 6. The van der Waals surface area contributed by atoms with Gasteiger partial charge in [0.1, 0.15) is 10.8 Å². The fourth-order valence-electron chi connectivity index (χ4n) is 2.46. The fourth-order valence-corrected chi connectivity index (χ4v) is 2.88. The summed E-state index contributed by atoms with van der Waals surface area (Å²) in [5, 5.41) is 9.67. The Morgan fingerprint density at radius 1 is 1.33 bits per heavy atom. The van der Waals surface area contributed by atoms with E-state index in [1.54, 1.807) is 0 Å². The second-order valence-electron chi connectivity index (χ2n) is 4.95. The Morgan fingerprint density at radius 3 is 3.00 bits per heavy atom. The lowest BCUT2D eigenvalue weighted by Gasteiger charge is -2.17. The van der Waals surface area contributed by atoms with Crippen molar-refractivity contribution in [3.05, 3.63) is 29.0 Å². The number of rotatable bonds is 3. The number of aromatic nitrogens is 4. The number of fused-ring (bicyclic) bond motifs is 1. The number of anilines is 1. The number of urea groups is 1. The Bertz CT molecular complexity index is 642. The maximum Gasteiger partial charge on any atom is 0.320 e. The Labute approximate surface area is 126 Å². The molecule has 0 atom stereocenters. The molecule has 0 spiro atoms. The Balaban J connectivity index is 1.62. The van der Waals surface area contributed by atoms with E-state index >= 15 is 0 Å². The summed E-state index contributed by atoms with van der Waals surface area (Å²) < 4.78 is 3.68. The van der Waals surface area contributed by atoms with E-state index in [-0.39, 0.29) is 6.03 Å². The van der Waals surface area contributed by atoms with E-state index < -0.39 is 0 Å². The molecule has 2 amide bonds. The van der Waals surface area contributed by atoms with E-state index in [4.69, 9.17) is 0 Å². The third-order valence-electron chi connectivity index (χ3n) is 3.44. The van der Waals surface area contributed by atoms with E-state index in [1.807, 2.05) is 6.92 Å². The standard InChI is InChI=1S/C13H16N6OS/c1-8-9-4-2-3-5-10(9)17-11(16-8)6-14-13(20)18-12-7-15-19-21-12/h7H,2-6H2,1H3,(H2,14,18,20). The van der Waals surface area contributed by atoms with Crippen LogP contribution in [-0.4, -0.2) is 25.6 Å². The molecule has 0 radical (unpaired) electrons. The van der Waals surface area contributed by atoms with E-state index in [9.17, 15) is 4.79 Å². The van der Waals surface area contributed by atoms with Crippen LogP contribution in [0.25, 0.3) is 0 Å². The molecule has 7 nitrogen and oxygen atoms in total. The van der Waals surface area contributed by atoms with Crippen LogP contribution < -0.4 is 10.6 Å². The van der Waals surface area contributed by atoms with E-state index in [0.29, 0.717) is 17.4 Å². The number of aryl methyl sites for hydroxylation is 2. The smallest absolute Gasteiger partial charge is 0.320 e. The average Bonchev–Trinajstić information content (AvgIpc) is 2.98. The largest absolute Gasteiger partial charge is 0.331 e. The molecule has 0 aliphatic heterocycles. The molecule has 0 bridgehead atoms. The maximum atomic E-state index is 11.7. The summed E-state index contributed by atoms with van der Waals surface area (Å²) in [4.78, 5) is 20.8. The van der Waals surface area contributed by atoms with Gasteiger partial charge < -0.3 is 5.32 Å². The highest BCUT2D eigenvalue weighted by molar-refractivity contribution is 7.10. The highest BCUT2D eigenvalue weighted by Gasteiger charge is 2.15. The first kappa shape index (κ1) is 13.9. The van der Waals surface area contributed by atoms with Gasteiger partial charge in [-0.15, -0.1) is 5.10 Å². The third kappa shape index (κ3) is 3.33. The minimum absolute atomic E-state index is 0.306. The predicted octanol–water partition coefficient (Wildman–Crippen LogP) is 1.84. The van der Waals surface area contributed by atoms with Gasteiger partial charge in [0, 0.05) is 22.9 Å². The van der Waals surface area contributed by atoms with Gasteiger partial charge in [-0.25, -0.2) is 14.8 Å². The molecule has 0 aromatic carbocycles. The zero-order chi connectivity index (χ0) is 14.7. The average molecular weight is 304 g/mol. The zero-order valence-corrected chi connectivity index (χ0v) is 12.5. The van der Waals surface area contributed by atoms with Gasteiger partial charge >= 0.3 is 6.03 Å². The summed E-state index contributed by atoms with van der Waals surface area (Å²) in [6, 6.07) is -0.306. The summed E-state index contributed by atoms with van der Waals surface area (Å²) in [7, 11) is 0. The van der Waals surface area contributed by atoms with Crippen LogP contribution in [-0.2, 0) is 19.4 Å². The lowest BCUT2D eigenvalue weighted by molar-refractivity contribution is 0.251. The van der Waals surface area contributed by atoms with Crippen LogP contribution >= 0.6 is 11.5 Å². The summed E-state index contributed by atoms with van der Waals surface area (Å²) in [6.07, 6.45) is 5.96. The molecule has 0 fully saturated rings. The van der Waals surface area contributed by atoms with Gasteiger partial charge in [-0.3, -0.25) is 5.32 Å². The zero-order valence-electron chi connectivity index (χ0n) is 11.7. The molecular weight excluding hydrogens is 288 g/mol. The molecule has 2 aromatic heterocycles. The highest BCUT2D eigenvalue weighted by Crippen LogP contribution is 2.21. The first-order chi connectivity index (χ1) is 10.2. The van der Waals surface area contributed by atoms with Crippen LogP contribution in [0.2, 0.25) is 0 Å². The number of carbonyl (C=O) groups is 1. The lowest BCUT2D eigenvalue weighted by atomic mass is 9.95. The van der Waals surface area contributed by atoms with Crippen LogP contribution in [0.5, 0.6) is 0 Å². The predicted molar refractivity (Wildman–Crippen MR) is 79.2 cm³/mol. The molecule has 8 heteroatoms. The van der Waals surface area contributed by atoms with E-state index in [0.717, 1.165) is 35.8 Å². The molecule has 0 saturated heterocycles. The van der Waals surface area contributed by atoms with Crippen molar-refractivity contribution in [1.29, 1.82) is 0 Å². The summed E-state index contributed by atoms with van der Waals surface area (Å²) in [5.74, 6) is 0.658. The number of nitrogens with zero attached hydrogens (tertiary/aromatic N) is 4. The van der Waals surface area contributed by atoms with Gasteiger partial charge in [0.15, 0.2) is 0 Å². The van der Waals surface area contributed by atoms with Crippen LogP contribution in [0.15, 0.2) is 6.20 Å². The summed E-state index contributed by atoms with van der Waals surface area (Å²) >= 11 is 1.13. The molecule has 21 heavy (non-hydrogen) atoms. The number of carbonyl (C=O) groups excluding carboxylic acids is 1. The molecule has 2 aromatic rings. The van der Waals surface area contributed by atoms with Crippen molar-refractivity contribution in [2.75, 3.05) is 5.32 Å². The van der Waals surface area contributed by atoms with Gasteiger partial charge in [0.25, 0.3) is 0 Å². The lowest BCUT2D eigenvalue weighted by Crippen LogP contribution is -2.29. The van der Waals surface area contributed by atoms with E-state index in [2.05, 4.69) is 30.2 Å². The highest BCUT2D eigenvalue weighted by atomic mass is 32.1. The molecule has 1 aliphatic rings. The topological polar surface area (TPSA) is 92.7 Å². The van der Waals surface area contributed by atoms with Crippen molar-refractivity contribution >= 4 is 22.6 Å². The van der Waals surface area contributed by atoms with Crippen LogP contribution in [0.4, 0.5) is 9.80 Å². The van der Waals surface area contributed by atoms with Gasteiger partial charge in [0.05, 0.1) is 12.7 Å². The molecule has 3 rings (SSSR count). The maximum absolute atomic E-state index is 11.7. The first-order valence-electron chi connectivity index (χ1n) is 6.90. The summed E-state index contributed by atoms with van der Waals surface area (Å²) in [6.45, 7) is 2.32. The fraction of sp³-hybridized carbons (Fsp3) is 0.462. The second kappa shape index (κ2) is 6.13. The molecule has 0 unspecified atom stereocenters. The van der Waals surface area contributed by atoms with Crippen LogP contribution in [0.1, 0.15) is 35.6 Å². The normalized spacial score (nSPS) is 13.6. The Hall–Kier alpha value is -2.09. The molecule has 0 saturated carbocycles. The monoisotopic (exact) mass is 304 g/mol. The van der Waals surface area contributed by atoms with Crippen molar-refractivity contribution in [3.63, 3.8) is 0 Å². The van der Waals surface area contributed by atoms with Crippen molar-refractivity contribution in [2.45, 2.75) is 39.2 Å². The Morgan fingerprint density at radius 2 is 2.19 bits per heavy atom. The van der Waals surface area contributed by atoms with Crippen molar-refractivity contribution in [1.82, 2.24) is 24.9 Å². The number of amides is 2. The van der Waals surface area contributed by atoms with Crippen molar-refractivity contribution in [2.24, 2.45) is 0 Å². The van der Waals surface area contributed by atoms with E-state index in [1.165, 1.54) is 24.6 Å². The van der Waals surface area contributed by atoms with Crippen molar-refractivity contribution < 1.29 is 4.79 Å². The molecule has 2 heterocycles. The third-order valence-corrected chi connectivity index (χ3v) is 4.02. The summed E-state index contributed by atoms with van der Waals surface area (Å²) in [5.41, 5.74) is 3.45. The minimum atomic E-state index is -0.306. The van der Waals surface area contributed by atoms with Gasteiger partial charge in [-0.05, 0) is 38.2 Å².